The summed E-state index contributed by atoms with van der Waals surface area (Å²) in [7, 11) is 3.06. The molecule has 0 N–H and O–H groups in total. The van der Waals surface area contributed by atoms with Gasteiger partial charge in [0.1, 0.15) is 5.78 Å². The molecule has 0 fully saturated rings. The van der Waals surface area contributed by atoms with Crippen molar-refractivity contribution in [3.05, 3.63) is 11.6 Å². The fourth-order valence-electron chi connectivity index (χ4n) is 1.14. The third-order valence-electron chi connectivity index (χ3n) is 1.74. The molecular weight excluding hydrogens is 168 g/mol. The number of carbonyl (C=O) groups excluding carboxylic acids is 1. The van der Waals surface area contributed by atoms with Gasteiger partial charge in [-0.25, -0.2) is 0 Å². The van der Waals surface area contributed by atoms with Crippen molar-refractivity contribution in [3.8, 4) is 0 Å². The molecule has 76 valence electrons. The Morgan fingerprint density at radius 2 is 1.62 bits per heavy atom. The van der Waals surface area contributed by atoms with Crippen LogP contribution < -0.4 is 0 Å². The monoisotopic (exact) mass is 186 g/mol. The standard InChI is InChI=1S/C10H18O3/c1-7(2)6-9(8(3)11)10(12-4)13-5/h6,9-10H,1-5H3. The van der Waals surface area contributed by atoms with E-state index >= 15 is 0 Å². The van der Waals surface area contributed by atoms with Crippen LogP contribution >= 0.6 is 0 Å². The van der Waals surface area contributed by atoms with Crippen molar-refractivity contribution >= 4 is 5.78 Å². The molecule has 0 aliphatic heterocycles. The van der Waals surface area contributed by atoms with Crippen LogP contribution in [0.25, 0.3) is 0 Å². The Kier molecular flexibility index (Phi) is 5.58. The molecule has 0 aromatic heterocycles. The van der Waals surface area contributed by atoms with Gasteiger partial charge in [0.25, 0.3) is 0 Å². The number of Topliss-reactive ketones (excluding diaryl/α,β-unsaturated/α-hetero) is 1. The van der Waals surface area contributed by atoms with Crippen molar-refractivity contribution in [2.45, 2.75) is 27.1 Å². The van der Waals surface area contributed by atoms with Crippen molar-refractivity contribution in [1.29, 1.82) is 0 Å². The van der Waals surface area contributed by atoms with E-state index in [0.717, 1.165) is 5.57 Å². The fourth-order valence-corrected chi connectivity index (χ4v) is 1.14. The molecule has 0 aliphatic rings. The molecule has 0 aromatic rings. The summed E-state index contributed by atoms with van der Waals surface area (Å²) < 4.78 is 10.1. The van der Waals surface area contributed by atoms with Crippen LogP contribution in [0.4, 0.5) is 0 Å². The number of carbonyl (C=O) groups is 1. The van der Waals surface area contributed by atoms with Crippen LogP contribution in [0, 0.1) is 5.92 Å². The van der Waals surface area contributed by atoms with Gasteiger partial charge in [-0.15, -0.1) is 0 Å². The van der Waals surface area contributed by atoms with E-state index in [1.165, 1.54) is 21.1 Å². The van der Waals surface area contributed by atoms with Crippen molar-refractivity contribution in [3.63, 3.8) is 0 Å². The summed E-state index contributed by atoms with van der Waals surface area (Å²) in [6.45, 7) is 5.42. The van der Waals surface area contributed by atoms with Crippen molar-refractivity contribution in [1.82, 2.24) is 0 Å². The summed E-state index contributed by atoms with van der Waals surface area (Å²) in [5.41, 5.74) is 1.08. The number of hydrogen-bond acceptors (Lipinski definition) is 3. The molecule has 0 rings (SSSR count). The number of methoxy groups -OCH3 is 2. The molecule has 3 nitrogen and oxygen atoms in total. The highest BCUT2D eigenvalue weighted by molar-refractivity contribution is 5.80. The van der Waals surface area contributed by atoms with Gasteiger partial charge in [-0.05, 0) is 20.8 Å². The highest BCUT2D eigenvalue weighted by Gasteiger charge is 2.22. The number of rotatable bonds is 5. The summed E-state index contributed by atoms with van der Waals surface area (Å²) in [5, 5.41) is 0. The van der Waals surface area contributed by atoms with Gasteiger partial charge in [-0.2, -0.15) is 0 Å². The minimum atomic E-state index is -0.479. The topological polar surface area (TPSA) is 35.5 Å². The van der Waals surface area contributed by atoms with Crippen LogP contribution in [0.1, 0.15) is 20.8 Å². The van der Waals surface area contributed by atoms with E-state index in [0.29, 0.717) is 0 Å². The minimum Gasteiger partial charge on any atom is -0.355 e. The van der Waals surface area contributed by atoms with E-state index in [4.69, 9.17) is 9.47 Å². The maximum atomic E-state index is 11.2. The van der Waals surface area contributed by atoms with Gasteiger partial charge in [0.2, 0.25) is 0 Å². The zero-order chi connectivity index (χ0) is 10.4. The molecule has 0 heterocycles. The third-order valence-corrected chi connectivity index (χ3v) is 1.74. The predicted molar refractivity (Wildman–Crippen MR) is 51.4 cm³/mol. The van der Waals surface area contributed by atoms with Crippen molar-refractivity contribution < 1.29 is 14.3 Å². The van der Waals surface area contributed by atoms with E-state index < -0.39 is 6.29 Å². The van der Waals surface area contributed by atoms with Gasteiger partial charge in [-0.3, -0.25) is 4.79 Å². The average Bonchev–Trinajstić information content (AvgIpc) is 2.04. The number of ether oxygens (including phenoxy) is 2. The van der Waals surface area contributed by atoms with Crippen LogP contribution in [0.15, 0.2) is 11.6 Å². The van der Waals surface area contributed by atoms with Gasteiger partial charge >= 0.3 is 0 Å². The molecule has 3 heteroatoms. The Labute approximate surface area is 79.7 Å². The molecule has 0 radical (unpaired) electrons. The zero-order valence-electron chi connectivity index (χ0n) is 8.96. The number of hydrogen-bond donors (Lipinski definition) is 0. The quantitative estimate of drug-likeness (QED) is 0.485. The summed E-state index contributed by atoms with van der Waals surface area (Å²) >= 11 is 0. The van der Waals surface area contributed by atoms with Gasteiger partial charge < -0.3 is 9.47 Å². The molecular formula is C10H18O3. The Morgan fingerprint density at radius 3 is 1.85 bits per heavy atom. The summed E-state index contributed by atoms with van der Waals surface area (Å²) in [5.74, 6) is -0.255. The Balaban J connectivity index is 4.58. The van der Waals surface area contributed by atoms with Gasteiger partial charge in [-0.1, -0.05) is 11.6 Å². The predicted octanol–water partition coefficient (Wildman–Crippen LogP) is 1.78. The van der Waals surface area contributed by atoms with Crippen LogP contribution in [0.3, 0.4) is 0 Å². The molecule has 0 amide bonds. The molecule has 1 unspecified atom stereocenters. The third kappa shape index (κ3) is 4.20. The first-order chi connectivity index (χ1) is 6.02. The van der Waals surface area contributed by atoms with E-state index in [1.54, 1.807) is 0 Å². The van der Waals surface area contributed by atoms with Crippen LogP contribution in [-0.2, 0) is 14.3 Å². The maximum Gasteiger partial charge on any atom is 0.169 e. The average molecular weight is 186 g/mol. The smallest absolute Gasteiger partial charge is 0.169 e. The van der Waals surface area contributed by atoms with Crippen molar-refractivity contribution in [2.75, 3.05) is 14.2 Å². The summed E-state index contributed by atoms with van der Waals surface area (Å²) in [6, 6.07) is 0. The number of ketones is 1. The normalized spacial score (nSPS) is 12.8. The van der Waals surface area contributed by atoms with E-state index in [-0.39, 0.29) is 11.7 Å². The van der Waals surface area contributed by atoms with E-state index in [2.05, 4.69) is 0 Å². The fraction of sp³-hybridized carbons (Fsp3) is 0.700. The molecule has 0 aliphatic carbocycles. The lowest BCUT2D eigenvalue weighted by atomic mass is 10.0. The SMILES string of the molecule is COC(OC)C(C=C(C)C)C(C)=O. The van der Waals surface area contributed by atoms with Crippen LogP contribution in [0.2, 0.25) is 0 Å². The molecule has 0 saturated carbocycles. The second kappa shape index (κ2) is 5.89. The highest BCUT2D eigenvalue weighted by atomic mass is 16.7. The zero-order valence-corrected chi connectivity index (χ0v) is 8.96. The van der Waals surface area contributed by atoms with E-state index in [1.807, 2.05) is 19.9 Å². The lowest BCUT2D eigenvalue weighted by Crippen LogP contribution is -2.28. The van der Waals surface area contributed by atoms with Crippen LogP contribution in [-0.4, -0.2) is 26.3 Å². The molecule has 1 atom stereocenters. The Hall–Kier alpha value is -0.670. The van der Waals surface area contributed by atoms with Gasteiger partial charge in [0.15, 0.2) is 6.29 Å². The summed E-state index contributed by atoms with van der Waals surface area (Å²) in [4.78, 5) is 11.2. The molecule has 0 spiro atoms. The van der Waals surface area contributed by atoms with Crippen molar-refractivity contribution in [2.24, 2.45) is 5.92 Å². The van der Waals surface area contributed by atoms with Crippen LogP contribution in [0.5, 0.6) is 0 Å². The lowest BCUT2D eigenvalue weighted by Gasteiger charge is -2.19. The molecule has 0 aromatic carbocycles. The molecule has 0 saturated heterocycles. The summed E-state index contributed by atoms with van der Waals surface area (Å²) in [6.07, 6.45) is 1.38. The van der Waals surface area contributed by atoms with Gasteiger partial charge in [0, 0.05) is 14.2 Å². The first-order valence-corrected chi connectivity index (χ1v) is 4.24. The minimum absolute atomic E-state index is 0.0508. The molecule has 0 bridgehead atoms. The second-order valence-electron chi connectivity index (χ2n) is 3.22. The Bertz CT molecular complexity index is 188. The largest absolute Gasteiger partial charge is 0.355 e. The van der Waals surface area contributed by atoms with Gasteiger partial charge in [0.05, 0.1) is 5.92 Å². The first kappa shape index (κ1) is 12.3. The second-order valence-corrected chi connectivity index (χ2v) is 3.22. The first-order valence-electron chi connectivity index (χ1n) is 4.24. The number of allylic oxidation sites excluding steroid dienone is 1. The van der Waals surface area contributed by atoms with E-state index in [9.17, 15) is 4.79 Å². The maximum absolute atomic E-state index is 11.2. The highest BCUT2D eigenvalue weighted by Crippen LogP contribution is 2.13. The Morgan fingerprint density at radius 1 is 1.15 bits per heavy atom. The lowest BCUT2D eigenvalue weighted by molar-refractivity contribution is -0.148. The molecule has 13 heavy (non-hydrogen) atoms.